The van der Waals surface area contributed by atoms with Crippen molar-refractivity contribution in [1.29, 1.82) is 0 Å². The highest BCUT2D eigenvalue weighted by Crippen LogP contribution is 2.20. The van der Waals surface area contributed by atoms with Gasteiger partial charge in [-0.2, -0.15) is 5.10 Å². The Morgan fingerprint density at radius 2 is 2.27 bits per heavy atom. The van der Waals surface area contributed by atoms with E-state index < -0.39 is 0 Å². The van der Waals surface area contributed by atoms with Crippen LogP contribution in [-0.2, 0) is 19.6 Å². The van der Waals surface area contributed by atoms with Gasteiger partial charge >= 0.3 is 0 Å². The van der Waals surface area contributed by atoms with Crippen LogP contribution >= 0.6 is 0 Å². The highest BCUT2D eigenvalue weighted by atomic mass is 15.5. The van der Waals surface area contributed by atoms with Crippen molar-refractivity contribution in [1.82, 2.24) is 34.9 Å². The molecule has 1 atom stereocenters. The number of aromatic nitrogens is 6. The molecule has 1 saturated heterocycles. The fourth-order valence-electron chi connectivity index (χ4n) is 3.09. The molecule has 1 fully saturated rings. The second-order valence-corrected chi connectivity index (χ2v) is 6.18. The van der Waals surface area contributed by atoms with Crippen LogP contribution in [0.3, 0.4) is 0 Å². The Labute approximate surface area is 131 Å². The summed E-state index contributed by atoms with van der Waals surface area (Å²) in [5.41, 5.74) is 1.22. The maximum atomic E-state index is 4.41. The standard InChI is InChI=1S/C15H25N7/c1-3-4-8-22-15(17-18-19-22)12-20-7-5-6-14(20)11-21-10-13(2)9-16-21/h9-10,14H,3-8,11-12H2,1-2H3/t14-/m0/s1. The second kappa shape index (κ2) is 7.00. The first-order valence-electron chi connectivity index (χ1n) is 8.24. The summed E-state index contributed by atoms with van der Waals surface area (Å²) in [5.74, 6) is 0.983. The normalized spacial score (nSPS) is 19.1. The van der Waals surface area contributed by atoms with E-state index in [2.05, 4.69) is 50.3 Å². The second-order valence-electron chi connectivity index (χ2n) is 6.18. The molecule has 1 aliphatic rings. The van der Waals surface area contributed by atoms with Gasteiger partial charge in [-0.25, -0.2) is 4.68 Å². The van der Waals surface area contributed by atoms with E-state index in [0.29, 0.717) is 6.04 Å². The lowest BCUT2D eigenvalue weighted by Gasteiger charge is -2.23. The summed E-state index contributed by atoms with van der Waals surface area (Å²) < 4.78 is 4.01. The smallest absolute Gasteiger partial charge is 0.165 e. The van der Waals surface area contributed by atoms with E-state index in [0.717, 1.165) is 44.8 Å². The zero-order valence-corrected chi connectivity index (χ0v) is 13.5. The first-order valence-corrected chi connectivity index (χ1v) is 8.24. The molecule has 2 aromatic heterocycles. The summed E-state index contributed by atoms with van der Waals surface area (Å²) >= 11 is 0. The highest BCUT2D eigenvalue weighted by molar-refractivity contribution is 5.00. The van der Waals surface area contributed by atoms with Crippen LogP contribution < -0.4 is 0 Å². The summed E-state index contributed by atoms with van der Waals surface area (Å²) in [6.45, 7) is 8.08. The molecule has 7 nitrogen and oxygen atoms in total. The Kier molecular flexibility index (Phi) is 4.82. The third-order valence-electron chi connectivity index (χ3n) is 4.33. The van der Waals surface area contributed by atoms with Crippen molar-refractivity contribution in [3.8, 4) is 0 Å². The van der Waals surface area contributed by atoms with E-state index in [9.17, 15) is 0 Å². The average Bonchev–Trinajstić information content (AvgIpc) is 3.21. The molecule has 0 unspecified atom stereocenters. The van der Waals surface area contributed by atoms with E-state index in [-0.39, 0.29) is 0 Å². The minimum Gasteiger partial charge on any atom is -0.291 e. The molecule has 3 rings (SSSR count). The zero-order valence-electron chi connectivity index (χ0n) is 13.5. The lowest BCUT2D eigenvalue weighted by molar-refractivity contribution is 0.210. The number of hydrogen-bond donors (Lipinski definition) is 0. The largest absolute Gasteiger partial charge is 0.291 e. The van der Waals surface area contributed by atoms with Crippen molar-refractivity contribution < 1.29 is 0 Å². The summed E-state index contributed by atoms with van der Waals surface area (Å²) in [4.78, 5) is 2.49. The maximum absolute atomic E-state index is 4.41. The Hall–Kier alpha value is -1.76. The predicted octanol–water partition coefficient (Wildman–Crippen LogP) is 1.64. The minimum absolute atomic E-state index is 0.524. The zero-order chi connectivity index (χ0) is 15.4. The van der Waals surface area contributed by atoms with Gasteiger partial charge in [-0.3, -0.25) is 9.58 Å². The number of rotatable bonds is 7. The summed E-state index contributed by atoms with van der Waals surface area (Å²) in [6, 6.07) is 0.524. The van der Waals surface area contributed by atoms with Crippen molar-refractivity contribution in [2.24, 2.45) is 0 Å². The van der Waals surface area contributed by atoms with Gasteiger partial charge in [-0.1, -0.05) is 13.3 Å². The lowest BCUT2D eigenvalue weighted by Crippen LogP contribution is -2.33. The van der Waals surface area contributed by atoms with Crippen LogP contribution in [0.25, 0.3) is 0 Å². The predicted molar refractivity (Wildman–Crippen MR) is 83.1 cm³/mol. The van der Waals surface area contributed by atoms with Gasteiger partial charge in [0.1, 0.15) is 0 Å². The van der Waals surface area contributed by atoms with Crippen LogP contribution in [0.1, 0.15) is 44.0 Å². The Morgan fingerprint density at radius 3 is 3.05 bits per heavy atom. The van der Waals surface area contributed by atoms with E-state index in [1.807, 2.05) is 10.9 Å². The summed E-state index contributed by atoms with van der Waals surface area (Å²) in [7, 11) is 0. The van der Waals surface area contributed by atoms with E-state index >= 15 is 0 Å². The van der Waals surface area contributed by atoms with Crippen molar-refractivity contribution in [2.75, 3.05) is 6.54 Å². The van der Waals surface area contributed by atoms with E-state index in [4.69, 9.17) is 0 Å². The molecule has 0 bridgehead atoms. The number of unbranched alkanes of at least 4 members (excludes halogenated alkanes) is 1. The number of likely N-dealkylation sites (tertiary alicyclic amines) is 1. The number of aryl methyl sites for hydroxylation is 2. The Balaban J connectivity index is 1.62. The van der Waals surface area contributed by atoms with Gasteiger partial charge in [-0.15, -0.1) is 5.10 Å². The molecular weight excluding hydrogens is 278 g/mol. The molecule has 3 heterocycles. The average molecular weight is 303 g/mol. The van der Waals surface area contributed by atoms with Crippen LogP contribution in [0.4, 0.5) is 0 Å². The minimum atomic E-state index is 0.524. The van der Waals surface area contributed by atoms with E-state index in [1.165, 1.54) is 18.4 Å². The number of nitrogens with zero attached hydrogens (tertiary/aromatic N) is 7. The van der Waals surface area contributed by atoms with Crippen LogP contribution in [0, 0.1) is 6.92 Å². The Morgan fingerprint density at radius 1 is 1.36 bits per heavy atom. The van der Waals surface area contributed by atoms with Crippen molar-refractivity contribution >= 4 is 0 Å². The number of tetrazole rings is 1. The first-order chi connectivity index (χ1) is 10.8. The monoisotopic (exact) mass is 303 g/mol. The highest BCUT2D eigenvalue weighted by Gasteiger charge is 2.26. The molecule has 0 radical (unpaired) electrons. The van der Waals surface area contributed by atoms with Gasteiger partial charge in [0.05, 0.1) is 19.3 Å². The van der Waals surface area contributed by atoms with Crippen molar-refractivity contribution in [2.45, 2.75) is 65.2 Å². The lowest BCUT2D eigenvalue weighted by atomic mass is 10.2. The molecule has 2 aromatic rings. The SMILES string of the molecule is CCCCn1nnnc1CN1CCC[C@H]1Cn1cc(C)cn1. The summed E-state index contributed by atoms with van der Waals surface area (Å²) in [6.07, 6.45) is 8.77. The molecule has 7 heteroatoms. The number of hydrogen-bond acceptors (Lipinski definition) is 5. The quantitative estimate of drug-likeness (QED) is 0.778. The van der Waals surface area contributed by atoms with E-state index in [1.54, 1.807) is 0 Å². The molecule has 1 aliphatic heterocycles. The van der Waals surface area contributed by atoms with Crippen molar-refractivity contribution in [3.63, 3.8) is 0 Å². The van der Waals surface area contributed by atoms with Gasteiger partial charge in [0, 0.05) is 18.8 Å². The first kappa shape index (κ1) is 15.1. The van der Waals surface area contributed by atoms with Crippen LogP contribution in [0.2, 0.25) is 0 Å². The molecule has 0 saturated carbocycles. The van der Waals surface area contributed by atoms with Crippen molar-refractivity contribution in [3.05, 3.63) is 23.8 Å². The fraction of sp³-hybridized carbons (Fsp3) is 0.733. The van der Waals surface area contributed by atoms with Crippen LogP contribution in [0.15, 0.2) is 12.4 Å². The molecule has 0 N–H and O–H groups in total. The third-order valence-corrected chi connectivity index (χ3v) is 4.33. The maximum Gasteiger partial charge on any atom is 0.165 e. The van der Waals surface area contributed by atoms with Gasteiger partial charge < -0.3 is 0 Å². The topological polar surface area (TPSA) is 64.7 Å². The van der Waals surface area contributed by atoms with Crippen LogP contribution in [0.5, 0.6) is 0 Å². The molecule has 0 aromatic carbocycles. The molecule has 120 valence electrons. The fourth-order valence-corrected chi connectivity index (χ4v) is 3.09. The van der Waals surface area contributed by atoms with Crippen LogP contribution in [-0.4, -0.2) is 47.5 Å². The molecular formula is C15H25N7. The summed E-state index contributed by atoms with van der Waals surface area (Å²) in [5, 5.41) is 16.6. The molecule has 22 heavy (non-hydrogen) atoms. The molecule has 0 spiro atoms. The Bertz CT molecular complexity index is 588. The molecule has 0 amide bonds. The van der Waals surface area contributed by atoms with Gasteiger partial charge in [-0.05, 0) is 48.7 Å². The van der Waals surface area contributed by atoms with Gasteiger partial charge in [0.15, 0.2) is 5.82 Å². The molecule has 0 aliphatic carbocycles. The van der Waals surface area contributed by atoms with Gasteiger partial charge in [0.2, 0.25) is 0 Å². The van der Waals surface area contributed by atoms with Gasteiger partial charge in [0.25, 0.3) is 0 Å². The third kappa shape index (κ3) is 3.52.